The molecule has 2 rings (SSSR count). The van der Waals surface area contributed by atoms with Crippen molar-refractivity contribution in [3.63, 3.8) is 0 Å². The second-order valence-electron chi connectivity index (χ2n) is 7.82. The fraction of sp³-hybridized carbons (Fsp3) is 0.458. The van der Waals surface area contributed by atoms with Gasteiger partial charge < -0.3 is 5.32 Å². The van der Waals surface area contributed by atoms with Gasteiger partial charge in [0.1, 0.15) is 0 Å². The number of sulfonamides is 1. The normalized spacial score (nSPS) is 12.8. The van der Waals surface area contributed by atoms with Crippen molar-refractivity contribution < 1.29 is 13.2 Å². The minimum atomic E-state index is -3.45. The first-order valence-corrected chi connectivity index (χ1v) is 12.0. The summed E-state index contributed by atoms with van der Waals surface area (Å²) in [5.41, 5.74) is 5.73. The van der Waals surface area contributed by atoms with Crippen LogP contribution >= 0.6 is 0 Å². The molecular formula is C24H34N2O3S. The highest BCUT2D eigenvalue weighted by atomic mass is 32.2. The van der Waals surface area contributed by atoms with E-state index in [9.17, 15) is 13.2 Å². The summed E-state index contributed by atoms with van der Waals surface area (Å²) < 4.78 is 26.6. The van der Waals surface area contributed by atoms with Gasteiger partial charge >= 0.3 is 0 Å². The summed E-state index contributed by atoms with van der Waals surface area (Å²) in [7, 11) is -3.45. The summed E-state index contributed by atoms with van der Waals surface area (Å²) in [5, 5.41) is 3.08. The van der Waals surface area contributed by atoms with Crippen molar-refractivity contribution in [1.82, 2.24) is 9.62 Å². The Labute approximate surface area is 181 Å². The molecule has 0 aliphatic carbocycles. The van der Waals surface area contributed by atoms with Gasteiger partial charge in [0.05, 0.1) is 10.9 Å². The molecule has 164 valence electrons. The maximum atomic E-state index is 12.6. The Bertz CT molecular complexity index is 978. The molecule has 30 heavy (non-hydrogen) atoms. The first-order chi connectivity index (χ1) is 14.1. The molecule has 1 amide bonds. The number of carbonyl (C=O) groups is 1. The summed E-state index contributed by atoms with van der Waals surface area (Å²) in [6.07, 6.45) is 0.923. The molecule has 1 N–H and O–H groups in total. The van der Waals surface area contributed by atoms with Gasteiger partial charge in [-0.3, -0.25) is 4.79 Å². The highest BCUT2D eigenvalue weighted by Crippen LogP contribution is 2.22. The first kappa shape index (κ1) is 24.1. The summed E-state index contributed by atoms with van der Waals surface area (Å²) >= 11 is 0. The average Bonchev–Trinajstić information content (AvgIpc) is 2.70. The molecule has 0 radical (unpaired) electrons. The van der Waals surface area contributed by atoms with Crippen LogP contribution in [0.4, 0.5) is 0 Å². The van der Waals surface area contributed by atoms with E-state index in [4.69, 9.17) is 0 Å². The Morgan fingerprint density at radius 2 is 1.53 bits per heavy atom. The number of aryl methyl sites for hydroxylation is 4. The minimum Gasteiger partial charge on any atom is -0.350 e. The van der Waals surface area contributed by atoms with Crippen molar-refractivity contribution in [2.45, 2.75) is 65.3 Å². The van der Waals surface area contributed by atoms with E-state index < -0.39 is 10.0 Å². The molecule has 0 fully saturated rings. The highest BCUT2D eigenvalue weighted by molar-refractivity contribution is 7.89. The van der Waals surface area contributed by atoms with Crippen LogP contribution in [-0.2, 0) is 21.2 Å². The third-order valence-electron chi connectivity index (χ3n) is 5.63. The maximum absolute atomic E-state index is 12.6. The molecule has 0 bridgehead atoms. The molecule has 0 spiro atoms. The number of hydrogen-bond donors (Lipinski definition) is 1. The van der Waals surface area contributed by atoms with Crippen LogP contribution in [0.2, 0.25) is 0 Å². The van der Waals surface area contributed by atoms with Gasteiger partial charge in [-0.2, -0.15) is 4.31 Å². The van der Waals surface area contributed by atoms with E-state index in [0.717, 1.165) is 11.1 Å². The Hall–Kier alpha value is -2.18. The van der Waals surface area contributed by atoms with E-state index >= 15 is 0 Å². The van der Waals surface area contributed by atoms with Crippen LogP contribution in [0.25, 0.3) is 0 Å². The predicted molar refractivity (Wildman–Crippen MR) is 122 cm³/mol. The maximum Gasteiger partial charge on any atom is 0.243 e. The summed E-state index contributed by atoms with van der Waals surface area (Å²) in [6.45, 7) is 12.8. The van der Waals surface area contributed by atoms with Gasteiger partial charge in [-0.15, -0.1) is 0 Å². The van der Waals surface area contributed by atoms with Crippen molar-refractivity contribution >= 4 is 15.9 Å². The Kier molecular flexibility index (Phi) is 8.21. The zero-order valence-electron chi connectivity index (χ0n) is 19.0. The van der Waals surface area contributed by atoms with E-state index in [-0.39, 0.29) is 11.9 Å². The third kappa shape index (κ3) is 5.70. The van der Waals surface area contributed by atoms with Crippen molar-refractivity contribution in [1.29, 1.82) is 0 Å². The molecule has 2 aromatic rings. The van der Waals surface area contributed by atoms with Crippen LogP contribution in [0.1, 0.15) is 61.1 Å². The van der Waals surface area contributed by atoms with Gasteiger partial charge in [0.25, 0.3) is 0 Å². The van der Waals surface area contributed by atoms with Crippen LogP contribution in [-0.4, -0.2) is 31.7 Å². The number of nitrogens with zero attached hydrogens (tertiary/aromatic N) is 1. The smallest absolute Gasteiger partial charge is 0.243 e. The topological polar surface area (TPSA) is 66.5 Å². The first-order valence-electron chi connectivity index (χ1n) is 10.6. The molecule has 0 heterocycles. The summed E-state index contributed by atoms with van der Waals surface area (Å²) in [4.78, 5) is 12.7. The van der Waals surface area contributed by atoms with Gasteiger partial charge in [-0.1, -0.05) is 38.1 Å². The SMILES string of the molecule is CCN(CC)S(=O)(=O)c1ccc(CCC(=O)NC(C)c2cc(C)c(C)cc2C)cc1. The Balaban J connectivity index is 1.97. The van der Waals surface area contributed by atoms with Gasteiger partial charge in [0, 0.05) is 19.5 Å². The molecule has 0 saturated heterocycles. The fourth-order valence-corrected chi connectivity index (χ4v) is 5.10. The van der Waals surface area contributed by atoms with Crippen molar-refractivity contribution in [2.75, 3.05) is 13.1 Å². The van der Waals surface area contributed by atoms with E-state index in [1.54, 1.807) is 24.3 Å². The zero-order chi connectivity index (χ0) is 22.5. The minimum absolute atomic E-state index is 0.0139. The van der Waals surface area contributed by atoms with Crippen LogP contribution in [0.15, 0.2) is 41.3 Å². The van der Waals surface area contributed by atoms with E-state index in [1.807, 2.05) is 20.8 Å². The largest absolute Gasteiger partial charge is 0.350 e. The van der Waals surface area contributed by atoms with Gasteiger partial charge in [-0.05, 0) is 74.1 Å². The van der Waals surface area contributed by atoms with Crippen LogP contribution in [0, 0.1) is 20.8 Å². The standard InChI is InChI=1S/C24H34N2O3S/c1-7-26(8-2)30(28,29)22-12-9-21(10-13-22)11-14-24(27)25-20(6)23-16-18(4)17(3)15-19(23)5/h9-10,12-13,15-16,20H,7-8,11,14H2,1-6H3,(H,25,27). The quantitative estimate of drug-likeness (QED) is 0.639. The van der Waals surface area contributed by atoms with E-state index in [2.05, 4.69) is 38.2 Å². The van der Waals surface area contributed by atoms with Crippen LogP contribution in [0.5, 0.6) is 0 Å². The molecule has 2 aromatic carbocycles. The molecule has 0 saturated carbocycles. The lowest BCUT2D eigenvalue weighted by atomic mass is 9.96. The van der Waals surface area contributed by atoms with Crippen molar-refractivity contribution in [2.24, 2.45) is 0 Å². The lowest BCUT2D eigenvalue weighted by molar-refractivity contribution is -0.121. The van der Waals surface area contributed by atoms with Crippen molar-refractivity contribution in [3.05, 3.63) is 64.2 Å². The van der Waals surface area contributed by atoms with Gasteiger partial charge in [0.2, 0.25) is 15.9 Å². The molecule has 0 aromatic heterocycles. The number of benzene rings is 2. The Morgan fingerprint density at radius 1 is 0.967 bits per heavy atom. The van der Waals surface area contributed by atoms with E-state index in [1.165, 1.54) is 21.0 Å². The monoisotopic (exact) mass is 430 g/mol. The molecule has 0 aliphatic rings. The van der Waals surface area contributed by atoms with Crippen molar-refractivity contribution in [3.8, 4) is 0 Å². The zero-order valence-corrected chi connectivity index (χ0v) is 19.8. The molecule has 1 atom stereocenters. The summed E-state index contributed by atoms with van der Waals surface area (Å²) in [5.74, 6) is -0.0139. The molecule has 6 heteroatoms. The fourth-order valence-electron chi connectivity index (χ4n) is 3.64. The number of rotatable bonds is 9. The lowest BCUT2D eigenvalue weighted by Gasteiger charge is -2.19. The van der Waals surface area contributed by atoms with Gasteiger partial charge in [-0.25, -0.2) is 8.42 Å². The lowest BCUT2D eigenvalue weighted by Crippen LogP contribution is -2.30. The molecule has 1 unspecified atom stereocenters. The second-order valence-corrected chi connectivity index (χ2v) is 9.75. The van der Waals surface area contributed by atoms with E-state index in [0.29, 0.717) is 30.8 Å². The predicted octanol–water partition coefficient (Wildman–Crippen LogP) is 4.45. The Morgan fingerprint density at radius 3 is 2.10 bits per heavy atom. The third-order valence-corrected chi connectivity index (χ3v) is 7.70. The molecule has 5 nitrogen and oxygen atoms in total. The molecule has 0 aliphatic heterocycles. The van der Waals surface area contributed by atoms with Crippen LogP contribution in [0.3, 0.4) is 0 Å². The van der Waals surface area contributed by atoms with Crippen LogP contribution < -0.4 is 5.32 Å². The summed E-state index contributed by atoms with van der Waals surface area (Å²) in [6, 6.07) is 11.1. The number of carbonyl (C=O) groups excluding carboxylic acids is 1. The second kappa shape index (κ2) is 10.2. The molecular weight excluding hydrogens is 396 g/mol. The van der Waals surface area contributed by atoms with Gasteiger partial charge in [0.15, 0.2) is 0 Å². The average molecular weight is 431 g/mol. The number of nitrogens with one attached hydrogen (secondary N) is 1. The highest BCUT2D eigenvalue weighted by Gasteiger charge is 2.21. The number of amides is 1. The number of hydrogen-bond acceptors (Lipinski definition) is 3.